The van der Waals surface area contributed by atoms with Crippen LogP contribution >= 0.6 is 0 Å². The van der Waals surface area contributed by atoms with Crippen LogP contribution in [0.1, 0.15) is 71.4 Å². The van der Waals surface area contributed by atoms with E-state index in [1.165, 1.54) is 51.7 Å². The van der Waals surface area contributed by atoms with E-state index in [4.69, 9.17) is 0 Å². The first-order valence-electron chi connectivity index (χ1n) is 11.8. The fraction of sp³-hybridized carbons (Fsp3) is 0.833. The lowest BCUT2D eigenvalue weighted by Crippen LogP contribution is -2.39. The maximum absolute atomic E-state index is 13.3. The maximum atomic E-state index is 13.3. The van der Waals surface area contributed by atoms with Gasteiger partial charge < -0.3 is 9.80 Å². The Kier molecular flexibility index (Phi) is 6.08. The number of aryl methyl sites for hydroxylation is 1. The Bertz CT molecular complexity index is 695. The van der Waals surface area contributed by atoms with Crippen molar-refractivity contribution in [2.75, 3.05) is 37.6 Å². The van der Waals surface area contributed by atoms with Gasteiger partial charge in [0.2, 0.25) is 0 Å². The second kappa shape index (κ2) is 8.33. The molecule has 1 aromatic rings. The summed E-state index contributed by atoms with van der Waals surface area (Å²) in [5.41, 5.74) is 2.06. The molecule has 6 heteroatoms. The number of hydrogen-bond donors (Lipinski definition) is 0. The van der Waals surface area contributed by atoms with E-state index in [1.54, 1.807) is 0 Å². The number of piperidine rings is 2. The van der Waals surface area contributed by atoms with E-state index < -0.39 is 5.92 Å². The molecule has 0 N–H and O–H groups in total. The van der Waals surface area contributed by atoms with Crippen molar-refractivity contribution in [3.05, 3.63) is 17.8 Å². The van der Waals surface area contributed by atoms with Gasteiger partial charge in [-0.25, -0.2) is 8.78 Å². The maximum Gasteiger partial charge on any atom is 0.251 e. The van der Waals surface area contributed by atoms with Crippen molar-refractivity contribution in [3.8, 4) is 0 Å². The summed E-state index contributed by atoms with van der Waals surface area (Å²) in [6.45, 7) is 11.5. The largest absolute Gasteiger partial charge is 0.355 e. The van der Waals surface area contributed by atoms with Gasteiger partial charge in [0.1, 0.15) is 0 Å². The molecule has 1 aliphatic carbocycles. The highest BCUT2D eigenvalue weighted by Gasteiger charge is 2.53. The number of alkyl halides is 2. The van der Waals surface area contributed by atoms with Gasteiger partial charge in [0.15, 0.2) is 5.82 Å². The molecule has 3 aliphatic rings. The lowest BCUT2D eigenvalue weighted by atomic mass is 9.88. The molecule has 1 aromatic heterocycles. The van der Waals surface area contributed by atoms with Gasteiger partial charge in [-0.1, -0.05) is 20.8 Å². The Morgan fingerprint density at radius 3 is 2.30 bits per heavy atom. The van der Waals surface area contributed by atoms with Gasteiger partial charge in [0.05, 0.1) is 5.69 Å². The Labute approximate surface area is 180 Å². The standard InChI is InChI=1S/C24H38F2N4/c1-22(2,3)8-13-29-14-9-23(10-15-29)18-19(23)4-5-20-6-7-21(28-27-20)30-16-11-24(25,26)12-17-30/h6-7,19H,4-5,8-18H2,1-3H3. The second-order valence-corrected chi connectivity index (χ2v) is 11.2. The van der Waals surface area contributed by atoms with E-state index in [1.807, 2.05) is 17.0 Å². The third kappa shape index (κ3) is 5.49. The first-order valence-corrected chi connectivity index (χ1v) is 11.8. The van der Waals surface area contributed by atoms with Crippen molar-refractivity contribution in [1.29, 1.82) is 0 Å². The number of halogens is 2. The summed E-state index contributed by atoms with van der Waals surface area (Å²) in [6, 6.07) is 4.00. The lowest BCUT2D eigenvalue weighted by molar-refractivity contribution is -0.0221. The molecule has 4 nitrogen and oxygen atoms in total. The molecule has 30 heavy (non-hydrogen) atoms. The molecule has 0 radical (unpaired) electrons. The third-order valence-corrected chi connectivity index (χ3v) is 7.66. The van der Waals surface area contributed by atoms with Crippen LogP contribution in [-0.4, -0.2) is 53.7 Å². The van der Waals surface area contributed by atoms with E-state index in [0.29, 0.717) is 23.9 Å². The fourth-order valence-electron chi connectivity index (χ4n) is 5.21. The van der Waals surface area contributed by atoms with E-state index >= 15 is 0 Å². The molecule has 168 valence electrons. The van der Waals surface area contributed by atoms with E-state index in [0.717, 1.165) is 23.9 Å². The second-order valence-electron chi connectivity index (χ2n) is 11.2. The van der Waals surface area contributed by atoms with Gasteiger partial charge in [-0.3, -0.25) is 0 Å². The van der Waals surface area contributed by atoms with Crippen molar-refractivity contribution in [1.82, 2.24) is 15.1 Å². The smallest absolute Gasteiger partial charge is 0.251 e. The minimum Gasteiger partial charge on any atom is -0.355 e. The zero-order valence-corrected chi connectivity index (χ0v) is 19.0. The van der Waals surface area contributed by atoms with Crippen molar-refractivity contribution >= 4 is 5.82 Å². The molecule has 1 saturated carbocycles. The normalized spacial score (nSPS) is 26.2. The van der Waals surface area contributed by atoms with Crippen LogP contribution < -0.4 is 4.90 Å². The van der Waals surface area contributed by atoms with Gasteiger partial charge in [-0.15, -0.1) is 5.10 Å². The van der Waals surface area contributed by atoms with Crippen LogP contribution in [0.5, 0.6) is 0 Å². The lowest BCUT2D eigenvalue weighted by Gasteiger charge is -2.34. The van der Waals surface area contributed by atoms with Crippen molar-refractivity contribution in [2.24, 2.45) is 16.7 Å². The monoisotopic (exact) mass is 420 g/mol. The highest BCUT2D eigenvalue weighted by atomic mass is 19.3. The van der Waals surface area contributed by atoms with Crippen LogP contribution in [-0.2, 0) is 6.42 Å². The SMILES string of the molecule is CC(C)(C)CCN1CCC2(CC1)CC2CCc1ccc(N2CCC(F)(F)CC2)nn1. The molecule has 2 aliphatic heterocycles. The van der Waals surface area contributed by atoms with E-state index in [2.05, 4.69) is 35.9 Å². The molecular formula is C24H38F2N4. The van der Waals surface area contributed by atoms with Crippen LogP contribution in [0.4, 0.5) is 14.6 Å². The van der Waals surface area contributed by atoms with Gasteiger partial charge >= 0.3 is 0 Å². The number of likely N-dealkylation sites (tertiary alicyclic amines) is 1. The van der Waals surface area contributed by atoms with Crippen molar-refractivity contribution < 1.29 is 8.78 Å². The zero-order chi connectivity index (χ0) is 21.4. The Balaban J connectivity index is 1.19. The van der Waals surface area contributed by atoms with Crippen LogP contribution in [0, 0.1) is 16.7 Å². The molecule has 1 unspecified atom stereocenters. The Hall–Kier alpha value is -1.30. The number of hydrogen-bond acceptors (Lipinski definition) is 4. The molecule has 3 heterocycles. The average Bonchev–Trinajstić information content (AvgIpc) is 3.38. The van der Waals surface area contributed by atoms with E-state index in [9.17, 15) is 8.78 Å². The van der Waals surface area contributed by atoms with Crippen molar-refractivity contribution in [2.45, 2.75) is 78.1 Å². The highest BCUT2D eigenvalue weighted by molar-refractivity contribution is 5.38. The first-order chi connectivity index (χ1) is 14.1. The van der Waals surface area contributed by atoms with Gasteiger partial charge in [-0.2, -0.15) is 5.10 Å². The molecule has 0 amide bonds. The summed E-state index contributed by atoms with van der Waals surface area (Å²) in [5, 5.41) is 8.72. The van der Waals surface area contributed by atoms with E-state index in [-0.39, 0.29) is 12.8 Å². The topological polar surface area (TPSA) is 32.3 Å². The summed E-state index contributed by atoms with van der Waals surface area (Å²) in [6.07, 6.45) is 7.36. The Morgan fingerprint density at radius 1 is 1.00 bits per heavy atom. The summed E-state index contributed by atoms with van der Waals surface area (Å²) in [4.78, 5) is 4.59. The molecule has 1 spiro atoms. The molecule has 2 saturated heterocycles. The molecular weight excluding hydrogens is 382 g/mol. The third-order valence-electron chi connectivity index (χ3n) is 7.66. The summed E-state index contributed by atoms with van der Waals surface area (Å²) >= 11 is 0. The zero-order valence-electron chi connectivity index (χ0n) is 19.0. The number of rotatable bonds is 6. The van der Waals surface area contributed by atoms with Crippen LogP contribution in [0.3, 0.4) is 0 Å². The van der Waals surface area contributed by atoms with Gasteiger partial charge in [-0.05, 0) is 87.0 Å². The quantitative estimate of drug-likeness (QED) is 0.634. The molecule has 3 fully saturated rings. The minimum absolute atomic E-state index is 0.0895. The summed E-state index contributed by atoms with van der Waals surface area (Å²) < 4.78 is 26.7. The minimum atomic E-state index is -2.52. The number of aromatic nitrogens is 2. The summed E-state index contributed by atoms with van der Waals surface area (Å²) in [5.74, 6) is -0.944. The predicted octanol–water partition coefficient (Wildman–Crippen LogP) is 5.18. The van der Waals surface area contributed by atoms with Crippen molar-refractivity contribution in [3.63, 3.8) is 0 Å². The summed E-state index contributed by atoms with van der Waals surface area (Å²) in [7, 11) is 0. The molecule has 0 aromatic carbocycles. The first kappa shape index (κ1) is 21.9. The average molecular weight is 421 g/mol. The van der Waals surface area contributed by atoms with Crippen LogP contribution in [0.2, 0.25) is 0 Å². The van der Waals surface area contributed by atoms with Crippen LogP contribution in [0.15, 0.2) is 12.1 Å². The van der Waals surface area contributed by atoms with Gasteiger partial charge in [0.25, 0.3) is 5.92 Å². The fourth-order valence-corrected chi connectivity index (χ4v) is 5.21. The molecule has 1 atom stereocenters. The predicted molar refractivity (Wildman–Crippen MR) is 117 cm³/mol. The Morgan fingerprint density at radius 2 is 1.70 bits per heavy atom. The molecule has 0 bridgehead atoms. The molecule has 4 rings (SSSR count). The number of anilines is 1. The highest BCUT2D eigenvalue weighted by Crippen LogP contribution is 2.61. The number of nitrogens with zero attached hydrogens (tertiary/aromatic N) is 4. The van der Waals surface area contributed by atoms with Gasteiger partial charge in [0, 0.05) is 25.9 Å². The van der Waals surface area contributed by atoms with Crippen LogP contribution in [0.25, 0.3) is 0 Å².